The minimum atomic E-state index is -0.948. The van der Waals surface area contributed by atoms with E-state index >= 15 is 0 Å². The monoisotopic (exact) mass is 322 g/mol. The molecule has 2 heterocycles. The normalized spacial score (nSPS) is 37.1. The Labute approximate surface area is 135 Å². The van der Waals surface area contributed by atoms with Gasteiger partial charge in [0, 0.05) is 12.7 Å². The maximum absolute atomic E-state index is 10.4. The standard InChI is InChI=1S/C17H22O6/c1-3-9-20-15-13(18)17(19-2)22-12-10-21-16(23-14(12)15)11-7-5-4-6-8-11/h3-8,12-18H,1,9-10H2,2H3/t12-,13+,14+,15+,16+,17-/m1/s1. The summed E-state index contributed by atoms with van der Waals surface area (Å²) in [5.74, 6) is 0. The van der Waals surface area contributed by atoms with Crippen molar-refractivity contribution in [2.45, 2.75) is 37.0 Å². The average Bonchev–Trinajstić information content (AvgIpc) is 2.61. The molecule has 6 heteroatoms. The van der Waals surface area contributed by atoms with Crippen LogP contribution in [0.15, 0.2) is 43.0 Å². The number of ether oxygens (including phenoxy) is 5. The number of rotatable bonds is 5. The molecule has 0 radical (unpaired) electrons. The molecule has 0 saturated carbocycles. The first kappa shape index (κ1) is 16.6. The van der Waals surface area contributed by atoms with Crippen LogP contribution < -0.4 is 0 Å². The first-order valence-corrected chi connectivity index (χ1v) is 7.65. The van der Waals surface area contributed by atoms with Crippen molar-refractivity contribution >= 4 is 0 Å². The molecular formula is C17H22O6. The summed E-state index contributed by atoms with van der Waals surface area (Å²) in [6, 6.07) is 9.65. The van der Waals surface area contributed by atoms with Crippen molar-refractivity contribution in [1.29, 1.82) is 0 Å². The number of aliphatic hydroxyl groups excluding tert-OH is 1. The van der Waals surface area contributed by atoms with Gasteiger partial charge in [0.15, 0.2) is 12.6 Å². The Morgan fingerprint density at radius 1 is 1.30 bits per heavy atom. The van der Waals surface area contributed by atoms with Gasteiger partial charge in [-0.25, -0.2) is 0 Å². The molecule has 6 atom stereocenters. The molecule has 0 unspecified atom stereocenters. The Kier molecular flexibility index (Phi) is 5.42. The lowest BCUT2D eigenvalue weighted by molar-refractivity contribution is -0.362. The van der Waals surface area contributed by atoms with E-state index in [0.29, 0.717) is 13.2 Å². The molecule has 23 heavy (non-hydrogen) atoms. The Hall–Kier alpha value is -1.28. The summed E-state index contributed by atoms with van der Waals surface area (Å²) in [5.41, 5.74) is 0.914. The summed E-state index contributed by atoms with van der Waals surface area (Å²) in [7, 11) is 1.48. The van der Waals surface area contributed by atoms with E-state index in [1.807, 2.05) is 30.3 Å². The van der Waals surface area contributed by atoms with Crippen molar-refractivity contribution in [1.82, 2.24) is 0 Å². The van der Waals surface area contributed by atoms with Crippen LogP contribution in [0.4, 0.5) is 0 Å². The molecule has 0 aromatic heterocycles. The Morgan fingerprint density at radius 3 is 2.78 bits per heavy atom. The topological polar surface area (TPSA) is 66.4 Å². The molecule has 2 saturated heterocycles. The van der Waals surface area contributed by atoms with Crippen LogP contribution in [0.2, 0.25) is 0 Å². The van der Waals surface area contributed by atoms with Crippen LogP contribution in [0.25, 0.3) is 0 Å². The fourth-order valence-corrected chi connectivity index (χ4v) is 2.91. The molecule has 0 amide bonds. The first-order valence-electron chi connectivity index (χ1n) is 7.65. The highest BCUT2D eigenvalue weighted by Gasteiger charge is 2.50. The number of hydrogen-bond acceptors (Lipinski definition) is 6. The van der Waals surface area contributed by atoms with Gasteiger partial charge in [-0.1, -0.05) is 36.4 Å². The molecular weight excluding hydrogens is 300 g/mol. The van der Waals surface area contributed by atoms with E-state index in [9.17, 15) is 5.11 Å². The van der Waals surface area contributed by atoms with Gasteiger partial charge in [0.25, 0.3) is 0 Å². The maximum Gasteiger partial charge on any atom is 0.186 e. The number of aliphatic hydroxyl groups is 1. The molecule has 1 aromatic rings. The van der Waals surface area contributed by atoms with E-state index in [4.69, 9.17) is 23.7 Å². The van der Waals surface area contributed by atoms with E-state index < -0.39 is 30.9 Å². The molecule has 1 aromatic carbocycles. The second-order valence-electron chi connectivity index (χ2n) is 5.53. The van der Waals surface area contributed by atoms with E-state index in [2.05, 4.69) is 6.58 Å². The van der Waals surface area contributed by atoms with E-state index in [1.54, 1.807) is 6.08 Å². The van der Waals surface area contributed by atoms with Gasteiger partial charge in [-0.2, -0.15) is 0 Å². The second kappa shape index (κ2) is 7.53. The molecule has 0 aliphatic carbocycles. The van der Waals surface area contributed by atoms with Crippen LogP contribution >= 0.6 is 0 Å². The van der Waals surface area contributed by atoms with Crippen molar-refractivity contribution in [3.8, 4) is 0 Å². The van der Waals surface area contributed by atoms with Crippen LogP contribution in [-0.2, 0) is 23.7 Å². The smallest absolute Gasteiger partial charge is 0.186 e. The van der Waals surface area contributed by atoms with Crippen LogP contribution in [0.5, 0.6) is 0 Å². The fraction of sp³-hybridized carbons (Fsp3) is 0.529. The molecule has 1 N–H and O–H groups in total. The van der Waals surface area contributed by atoms with Gasteiger partial charge < -0.3 is 28.8 Å². The third kappa shape index (κ3) is 3.47. The maximum atomic E-state index is 10.4. The Balaban J connectivity index is 1.77. The SMILES string of the molecule is C=CCO[C@H]1[C@H](O)[C@H](OC)O[C@@H]2CO[C@H](c3ccccc3)O[C@H]12. The lowest BCUT2D eigenvalue weighted by Crippen LogP contribution is -2.62. The van der Waals surface area contributed by atoms with Gasteiger partial charge in [-0.05, 0) is 0 Å². The summed E-state index contributed by atoms with van der Waals surface area (Å²) in [6.07, 6.45) is -1.99. The number of fused-ring (bicyclic) bond motifs is 1. The highest BCUT2D eigenvalue weighted by atomic mass is 16.8. The zero-order valence-corrected chi connectivity index (χ0v) is 13.0. The molecule has 6 nitrogen and oxygen atoms in total. The molecule has 3 rings (SSSR count). The third-order valence-electron chi connectivity index (χ3n) is 4.02. The number of hydrogen-bond donors (Lipinski definition) is 1. The van der Waals surface area contributed by atoms with Crippen molar-refractivity contribution in [3.05, 3.63) is 48.6 Å². The van der Waals surface area contributed by atoms with Gasteiger partial charge in [0.1, 0.15) is 24.4 Å². The second-order valence-corrected chi connectivity index (χ2v) is 5.53. The number of methoxy groups -OCH3 is 1. The summed E-state index contributed by atoms with van der Waals surface area (Å²) in [4.78, 5) is 0. The quantitative estimate of drug-likeness (QED) is 0.827. The van der Waals surface area contributed by atoms with Crippen LogP contribution in [0, 0.1) is 0 Å². The van der Waals surface area contributed by atoms with Gasteiger partial charge in [0.2, 0.25) is 0 Å². The summed E-state index contributed by atoms with van der Waals surface area (Å²) in [6.45, 7) is 4.29. The van der Waals surface area contributed by atoms with Crippen molar-refractivity contribution in [2.24, 2.45) is 0 Å². The fourth-order valence-electron chi connectivity index (χ4n) is 2.91. The van der Waals surface area contributed by atoms with Crippen LogP contribution in [0.1, 0.15) is 11.9 Å². The van der Waals surface area contributed by atoms with Gasteiger partial charge >= 0.3 is 0 Å². The van der Waals surface area contributed by atoms with Crippen molar-refractivity contribution in [3.63, 3.8) is 0 Å². The van der Waals surface area contributed by atoms with Crippen molar-refractivity contribution < 1.29 is 28.8 Å². The highest BCUT2D eigenvalue weighted by Crippen LogP contribution is 2.35. The summed E-state index contributed by atoms with van der Waals surface area (Å²) < 4.78 is 28.4. The lowest BCUT2D eigenvalue weighted by Gasteiger charge is -2.47. The number of benzene rings is 1. The molecule has 2 aliphatic rings. The van der Waals surface area contributed by atoms with Crippen LogP contribution in [0.3, 0.4) is 0 Å². The molecule has 126 valence electrons. The average molecular weight is 322 g/mol. The van der Waals surface area contributed by atoms with Gasteiger partial charge in [0.05, 0.1) is 13.2 Å². The predicted molar refractivity (Wildman–Crippen MR) is 81.6 cm³/mol. The molecule has 2 fully saturated rings. The molecule has 2 aliphatic heterocycles. The third-order valence-corrected chi connectivity index (χ3v) is 4.02. The zero-order valence-electron chi connectivity index (χ0n) is 13.0. The minimum absolute atomic E-state index is 0.307. The van der Waals surface area contributed by atoms with E-state index in [0.717, 1.165) is 5.56 Å². The van der Waals surface area contributed by atoms with Crippen molar-refractivity contribution in [2.75, 3.05) is 20.3 Å². The summed E-state index contributed by atoms with van der Waals surface area (Å²) >= 11 is 0. The zero-order chi connectivity index (χ0) is 16.2. The predicted octanol–water partition coefficient (Wildman–Crippen LogP) is 1.40. The largest absolute Gasteiger partial charge is 0.385 e. The highest BCUT2D eigenvalue weighted by molar-refractivity contribution is 5.16. The molecule has 0 spiro atoms. The lowest BCUT2D eigenvalue weighted by atomic mass is 9.97. The van der Waals surface area contributed by atoms with E-state index in [1.165, 1.54) is 7.11 Å². The summed E-state index contributed by atoms with van der Waals surface area (Å²) in [5, 5.41) is 10.4. The Morgan fingerprint density at radius 2 is 2.09 bits per heavy atom. The van der Waals surface area contributed by atoms with Gasteiger partial charge in [-0.15, -0.1) is 6.58 Å². The molecule has 0 bridgehead atoms. The minimum Gasteiger partial charge on any atom is -0.385 e. The van der Waals surface area contributed by atoms with Gasteiger partial charge in [-0.3, -0.25) is 0 Å². The van der Waals surface area contributed by atoms with E-state index in [-0.39, 0.29) is 6.10 Å². The Bertz CT molecular complexity index is 507. The first-order chi connectivity index (χ1) is 11.2. The van der Waals surface area contributed by atoms with Crippen LogP contribution in [-0.4, -0.2) is 56.1 Å².